The van der Waals surface area contributed by atoms with Gasteiger partial charge in [-0.05, 0) is 31.2 Å². The number of hydrazine groups is 1. The average Bonchev–Trinajstić information content (AvgIpc) is 2.18. The second-order valence-corrected chi connectivity index (χ2v) is 3.80. The van der Waals surface area contributed by atoms with E-state index < -0.39 is 0 Å². The van der Waals surface area contributed by atoms with Gasteiger partial charge in [0.05, 0.1) is 5.69 Å². The lowest BCUT2D eigenvalue weighted by molar-refractivity contribution is 1.04. The monoisotopic (exact) mass is 209 g/mol. The van der Waals surface area contributed by atoms with E-state index in [2.05, 4.69) is 10.4 Å². The van der Waals surface area contributed by atoms with Crippen LogP contribution < -0.4 is 11.3 Å². The van der Waals surface area contributed by atoms with E-state index in [1.807, 2.05) is 38.3 Å². The van der Waals surface area contributed by atoms with Crippen molar-refractivity contribution in [3.63, 3.8) is 0 Å². The van der Waals surface area contributed by atoms with Gasteiger partial charge in [-0.3, -0.25) is 0 Å². The molecule has 3 nitrogen and oxygen atoms in total. The normalized spacial score (nSPS) is 11.6. The first-order valence-electron chi connectivity index (χ1n) is 4.34. The fourth-order valence-corrected chi connectivity index (χ4v) is 1.52. The van der Waals surface area contributed by atoms with Crippen LogP contribution in [0.5, 0.6) is 0 Å². The molecule has 3 N–H and O–H groups in total. The zero-order valence-corrected chi connectivity index (χ0v) is 9.48. The summed E-state index contributed by atoms with van der Waals surface area (Å²) < 4.78 is 0. The molecule has 0 saturated carbocycles. The Balaban J connectivity index is 3.12. The number of hydrogen-bond donors (Lipinski definition) is 2. The maximum Gasteiger partial charge on any atom is 0.175 e. The fourth-order valence-electron chi connectivity index (χ4n) is 1.22. The Kier molecular flexibility index (Phi) is 3.98. The molecule has 0 aliphatic rings. The van der Waals surface area contributed by atoms with Crippen LogP contribution in [0.1, 0.15) is 11.1 Å². The van der Waals surface area contributed by atoms with Crippen LogP contribution in [0.2, 0.25) is 0 Å². The second-order valence-electron chi connectivity index (χ2n) is 3.01. The van der Waals surface area contributed by atoms with E-state index in [-0.39, 0.29) is 0 Å². The molecule has 0 spiro atoms. The molecular weight excluding hydrogens is 194 g/mol. The zero-order chi connectivity index (χ0) is 10.6. The molecule has 1 aromatic carbocycles. The number of nitrogens with two attached hydrogens (primary N) is 1. The summed E-state index contributed by atoms with van der Waals surface area (Å²) in [5.74, 6) is 5.33. The largest absolute Gasteiger partial charge is 0.303 e. The molecule has 0 heterocycles. The van der Waals surface area contributed by atoms with Crippen LogP contribution in [0, 0.1) is 13.8 Å². The summed E-state index contributed by atoms with van der Waals surface area (Å²) in [5, 5.41) is 0.724. The van der Waals surface area contributed by atoms with Gasteiger partial charge in [-0.2, -0.15) is 0 Å². The molecule has 0 fully saturated rings. The summed E-state index contributed by atoms with van der Waals surface area (Å²) in [6.07, 6.45) is 1.94. The van der Waals surface area contributed by atoms with Crippen molar-refractivity contribution in [1.82, 2.24) is 5.43 Å². The van der Waals surface area contributed by atoms with E-state index in [9.17, 15) is 0 Å². The third-order valence-corrected chi connectivity index (χ3v) is 2.57. The first kappa shape index (κ1) is 11.1. The number of rotatable bonds is 1. The van der Waals surface area contributed by atoms with Crippen LogP contribution in [0.25, 0.3) is 0 Å². The van der Waals surface area contributed by atoms with Gasteiger partial charge >= 0.3 is 0 Å². The standard InChI is InChI=1S/C10H15N3S/c1-7-5-4-6-8(2)9(7)12-10(13-11)14-3/h4-6H,11H2,1-3H3,(H,12,13). The van der Waals surface area contributed by atoms with Gasteiger partial charge in [0.1, 0.15) is 0 Å². The Morgan fingerprint density at radius 1 is 1.36 bits per heavy atom. The Morgan fingerprint density at radius 2 is 1.93 bits per heavy atom. The Hall–Kier alpha value is -1.00. The van der Waals surface area contributed by atoms with E-state index in [1.54, 1.807) is 0 Å². The zero-order valence-electron chi connectivity index (χ0n) is 8.66. The van der Waals surface area contributed by atoms with Gasteiger partial charge in [-0.25, -0.2) is 10.8 Å². The van der Waals surface area contributed by atoms with Crippen molar-refractivity contribution in [2.45, 2.75) is 13.8 Å². The van der Waals surface area contributed by atoms with Crippen molar-refractivity contribution in [3.05, 3.63) is 29.3 Å². The van der Waals surface area contributed by atoms with Crippen LogP contribution in [0.15, 0.2) is 23.2 Å². The highest BCUT2D eigenvalue weighted by Gasteiger charge is 2.01. The van der Waals surface area contributed by atoms with Gasteiger partial charge in [0.15, 0.2) is 5.17 Å². The first-order valence-corrected chi connectivity index (χ1v) is 5.57. The van der Waals surface area contributed by atoms with Crippen molar-refractivity contribution >= 4 is 22.6 Å². The molecule has 0 amide bonds. The lowest BCUT2D eigenvalue weighted by atomic mass is 10.1. The molecule has 0 unspecified atom stereocenters. The van der Waals surface area contributed by atoms with Gasteiger partial charge in [0.25, 0.3) is 0 Å². The summed E-state index contributed by atoms with van der Waals surface area (Å²) in [6.45, 7) is 4.08. The van der Waals surface area contributed by atoms with E-state index >= 15 is 0 Å². The van der Waals surface area contributed by atoms with Crippen molar-refractivity contribution in [1.29, 1.82) is 0 Å². The molecule has 0 atom stereocenters. The minimum Gasteiger partial charge on any atom is -0.303 e. The van der Waals surface area contributed by atoms with Crippen LogP contribution in [-0.4, -0.2) is 11.4 Å². The number of amidine groups is 1. The summed E-state index contributed by atoms with van der Waals surface area (Å²) in [7, 11) is 0. The quantitative estimate of drug-likeness (QED) is 0.322. The van der Waals surface area contributed by atoms with Crippen LogP contribution in [-0.2, 0) is 0 Å². The first-order chi connectivity index (χ1) is 6.69. The molecule has 0 radical (unpaired) electrons. The summed E-state index contributed by atoms with van der Waals surface area (Å²) in [6, 6.07) is 6.11. The number of aryl methyl sites for hydroxylation is 2. The third-order valence-electron chi connectivity index (χ3n) is 1.97. The molecule has 1 aromatic rings. The SMILES string of the molecule is CSC(=Nc1c(C)cccc1C)NN. The highest BCUT2D eigenvalue weighted by Crippen LogP contribution is 2.23. The van der Waals surface area contributed by atoms with Crippen LogP contribution in [0.3, 0.4) is 0 Å². The minimum atomic E-state index is 0.724. The molecule has 1 rings (SSSR count). The van der Waals surface area contributed by atoms with Crippen molar-refractivity contribution in [3.8, 4) is 0 Å². The Bertz CT molecular complexity index is 321. The minimum absolute atomic E-state index is 0.724. The number of nitrogens with zero attached hydrogens (tertiary/aromatic N) is 1. The predicted molar refractivity (Wildman–Crippen MR) is 63.8 cm³/mol. The molecular formula is C10H15N3S. The van der Waals surface area contributed by atoms with E-state index in [0.29, 0.717) is 0 Å². The van der Waals surface area contributed by atoms with Gasteiger partial charge in [-0.15, -0.1) is 0 Å². The molecule has 0 aromatic heterocycles. The maximum absolute atomic E-state index is 5.33. The summed E-state index contributed by atoms with van der Waals surface area (Å²) in [5.41, 5.74) is 5.88. The lowest BCUT2D eigenvalue weighted by Crippen LogP contribution is -2.27. The van der Waals surface area contributed by atoms with Gasteiger partial charge in [0.2, 0.25) is 0 Å². The molecule has 0 aliphatic carbocycles. The van der Waals surface area contributed by atoms with Gasteiger partial charge in [-0.1, -0.05) is 30.0 Å². The van der Waals surface area contributed by atoms with Crippen LogP contribution >= 0.6 is 11.8 Å². The average molecular weight is 209 g/mol. The molecule has 14 heavy (non-hydrogen) atoms. The second kappa shape index (κ2) is 5.02. The van der Waals surface area contributed by atoms with E-state index in [4.69, 9.17) is 5.84 Å². The predicted octanol–water partition coefficient (Wildman–Crippen LogP) is 2.12. The van der Waals surface area contributed by atoms with Gasteiger partial charge < -0.3 is 5.43 Å². The van der Waals surface area contributed by atoms with Crippen molar-refractivity contribution < 1.29 is 0 Å². The Morgan fingerprint density at radius 3 is 2.36 bits per heavy atom. The molecule has 0 bridgehead atoms. The van der Waals surface area contributed by atoms with Gasteiger partial charge in [0, 0.05) is 0 Å². The number of para-hydroxylation sites is 1. The lowest BCUT2D eigenvalue weighted by Gasteiger charge is -2.06. The smallest absolute Gasteiger partial charge is 0.175 e. The Labute approximate surface area is 88.8 Å². The third kappa shape index (κ3) is 2.49. The van der Waals surface area contributed by atoms with Crippen LogP contribution in [0.4, 0.5) is 5.69 Å². The van der Waals surface area contributed by atoms with E-state index in [1.165, 1.54) is 11.8 Å². The highest BCUT2D eigenvalue weighted by atomic mass is 32.2. The molecule has 76 valence electrons. The molecule has 0 aliphatic heterocycles. The van der Waals surface area contributed by atoms with Crippen molar-refractivity contribution in [2.24, 2.45) is 10.8 Å². The highest BCUT2D eigenvalue weighted by molar-refractivity contribution is 8.13. The summed E-state index contributed by atoms with van der Waals surface area (Å²) >= 11 is 1.50. The topological polar surface area (TPSA) is 50.4 Å². The number of benzene rings is 1. The number of aliphatic imine (C=N–C) groups is 1. The van der Waals surface area contributed by atoms with E-state index in [0.717, 1.165) is 22.0 Å². The molecule has 0 saturated heterocycles. The van der Waals surface area contributed by atoms with Crippen molar-refractivity contribution in [2.75, 3.05) is 6.26 Å². The number of thioether (sulfide) groups is 1. The summed E-state index contributed by atoms with van der Waals surface area (Å²) in [4.78, 5) is 4.44. The molecule has 4 heteroatoms. The maximum atomic E-state index is 5.33. The number of hydrogen-bond acceptors (Lipinski definition) is 3. The fraction of sp³-hybridized carbons (Fsp3) is 0.300. The number of nitrogens with one attached hydrogen (secondary N) is 1.